The van der Waals surface area contributed by atoms with Crippen molar-refractivity contribution >= 4 is 40.9 Å². The van der Waals surface area contributed by atoms with Gasteiger partial charge in [0.05, 0.1) is 4.92 Å². The van der Waals surface area contributed by atoms with Crippen LogP contribution in [0.1, 0.15) is 11.1 Å². The summed E-state index contributed by atoms with van der Waals surface area (Å²) in [5.74, 6) is -0.331. The molecule has 0 bridgehead atoms. The van der Waals surface area contributed by atoms with Gasteiger partial charge in [0.25, 0.3) is 5.69 Å². The molecular weight excluding hydrogens is 339 g/mol. The summed E-state index contributed by atoms with van der Waals surface area (Å²) >= 11 is 11.7. The maximum absolute atomic E-state index is 11.8. The Balaban J connectivity index is 2.00. The average molecular weight is 351 g/mol. The first-order chi connectivity index (χ1) is 11.0. The fourth-order valence-electron chi connectivity index (χ4n) is 1.83. The summed E-state index contributed by atoms with van der Waals surface area (Å²) < 4.78 is 0. The van der Waals surface area contributed by atoms with E-state index in [1.807, 2.05) is 12.1 Å². The maximum atomic E-state index is 11.8. The molecule has 0 saturated heterocycles. The number of nitrogens with zero attached hydrogens (tertiary/aromatic N) is 1. The number of rotatable bonds is 5. The highest BCUT2D eigenvalue weighted by molar-refractivity contribution is 6.32. The summed E-state index contributed by atoms with van der Waals surface area (Å²) in [6, 6.07) is 11.5. The molecule has 0 spiro atoms. The third-order valence-electron chi connectivity index (χ3n) is 3.00. The van der Waals surface area contributed by atoms with Gasteiger partial charge in [-0.25, -0.2) is 0 Å². The number of nitro groups is 1. The van der Waals surface area contributed by atoms with Crippen LogP contribution >= 0.6 is 23.2 Å². The molecule has 0 atom stereocenters. The molecule has 0 aliphatic heterocycles. The molecule has 2 rings (SSSR count). The van der Waals surface area contributed by atoms with Gasteiger partial charge in [-0.2, -0.15) is 0 Å². The van der Waals surface area contributed by atoms with E-state index in [0.29, 0.717) is 17.1 Å². The van der Waals surface area contributed by atoms with Crippen LogP contribution in [0.4, 0.5) is 5.69 Å². The molecule has 0 aromatic heterocycles. The fourth-order valence-corrected chi connectivity index (χ4v) is 2.22. The van der Waals surface area contributed by atoms with Crippen LogP contribution in [-0.2, 0) is 11.3 Å². The van der Waals surface area contributed by atoms with E-state index < -0.39 is 4.92 Å². The van der Waals surface area contributed by atoms with E-state index in [4.69, 9.17) is 23.2 Å². The predicted octanol–water partition coefficient (Wildman–Crippen LogP) is 4.23. The van der Waals surface area contributed by atoms with Crippen LogP contribution < -0.4 is 5.32 Å². The normalized spacial score (nSPS) is 10.7. The number of nitro benzene ring substituents is 1. The van der Waals surface area contributed by atoms with E-state index in [1.165, 1.54) is 24.3 Å². The van der Waals surface area contributed by atoms with Crippen LogP contribution in [0.15, 0.2) is 48.5 Å². The highest BCUT2D eigenvalue weighted by Gasteiger charge is 2.11. The van der Waals surface area contributed by atoms with Crippen LogP contribution in [0.25, 0.3) is 6.08 Å². The largest absolute Gasteiger partial charge is 0.348 e. The van der Waals surface area contributed by atoms with Crippen LogP contribution in [-0.4, -0.2) is 10.8 Å². The Morgan fingerprint density at radius 1 is 1.17 bits per heavy atom. The Bertz CT molecular complexity index is 776. The summed E-state index contributed by atoms with van der Waals surface area (Å²) in [7, 11) is 0. The molecule has 0 aliphatic carbocycles. The molecule has 118 valence electrons. The minimum absolute atomic E-state index is 0.0512. The van der Waals surface area contributed by atoms with Crippen molar-refractivity contribution in [1.82, 2.24) is 5.32 Å². The van der Waals surface area contributed by atoms with Gasteiger partial charge in [-0.15, -0.1) is 0 Å². The van der Waals surface area contributed by atoms with E-state index in [2.05, 4.69) is 5.32 Å². The quantitative estimate of drug-likeness (QED) is 0.498. The predicted molar refractivity (Wildman–Crippen MR) is 90.4 cm³/mol. The van der Waals surface area contributed by atoms with Gasteiger partial charge in [-0.1, -0.05) is 47.5 Å². The lowest BCUT2D eigenvalue weighted by atomic mass is 10.2. The lowest BCUT2D eigenvalue weighted by Gasteiger charge is -2.04. The standard InChI is InChI=1S/C16H12Cl2N2O3/c17-13-4-2-1-3-12(13)10-19-16(21)8-6-11-5-7-14(18)15(9-11)20(22)23/h1-9H,10H2,(H,19,21)/b8-6+. The molecule has 0 radical (unpaired) electrons. The van der Waals surface area contributed by atoms with Crippen molar-refractivity contribution in [2.75, 3.05) is 0 Å². The van der Waals surface area contributed by atoms with E-state index in [-0.39, 0.29) is 16.6 Å². The number of carbonyl (C=O) groups excluding carboxylic acids is 1. The second-order valence-corrected chi connectivity index (χ2v) is 5.42. The number of benzene rings is 2. The Labute approximate surface area is 142 Å². The molecule has 7 heteroatoms. The summed E-state index contributed by atoms with van der Waals surface area (Å²) in [6.07, 6.45) is 2.77. The van der Waals surface area contributed by atoms with Crippen molar-refractivity contribution in [3.8, 4) is 0 Å². The van der Waals surface area contributed by atoms with E-state index in [0.717, 1.165) is 5.56 Å². The van der Waals surface area contributed by atoms with Gasteiger partial charge in [-0.05, 0) is 29.3 Å². The first-order valence-corrected chi connectivity index (χ1v) is 7.36. The molecule has 23 heavy (non-hydrogen) atoms. The number of nitrogens with one attached hydrogen (secondary N) is 1. The number of halogens is 2. The molecule has 0 saturated carbocycles. The van der Waals surface area contributed by atoms with Crippen molar-refractivity contribution in [1.29, 1.82) is 0 Å². The molecule has 0 unspecified atom stereocenters. The van der Waals surface area contributed by atoms with Crippen molar-refractivity contribution in [2.45, 2.75) is 6.54 Å². The van der Waals surface area contributed by atoms with Crippen LogP contribution in [0.5, 0.6) is 0 Å². The summed E-state index contributed by atoms with van der Waals surface area (Å²) in [6.45, 7) is 0.295. The lowest BCUT2D eigenvalue weighted by molar-refractivity contribution is -0.384. The Morgan fingerprint density at radius 2 is 1.91 bits per heavy atom. The number of hydrogen-bond donors (Lipinski definition) is 1. The first kappa shape index (κ1) is 17.0. The number of hydrogen-bond acceptors (Lipinski definition) is 3. The second kappa shape index (κ2) is 7.76. The molecular formula is C16H12Cl2N2O3. The topological polar surface area (TPSA) is 72.2 Å². The molecule has 5 nitrogen and oxygen atoms in total. The van der Waals surface area contributed by atoms with Gasteiger partial charge in [0, 0.05) is 23.7 Å². The van der Waals surface area contributed by atoms with Crippen molar-refractivity contribution in [2.24, 2.45) is 0 Å². The molecule has 1 amide bonds. The van der Waals surface area contributed by atoms with Crippen molar-refractivity contribution in [3.05, 3.63) is 79.8 Å². The second-order valence-electron chi connectivity index (χ2n) is 4.61. The zero-order valence-corrected chi connectivity index (χ0v) is 13.3. The van der Waals surface area contributed by atoms with Crippen LogP contribution in [0, 0.1) is 10.1 Å². The summed E-state index contributed by atoms with van der Waals surface area (Å²) in [5, 5.41) is 14.1. The lowest BCUT2D eigenvalue weighted by Crippen LogP contribution is -2.20. The monoisotopic (exact) mass is 350 g/mol. The fraction of sp³-hybridized carbons (Fsp3) is 0.0625. The van der Waals surface area contributed by atoms with Crippen LogP contribution in [0.3, 0.4) is 0 Å². The van der Waals surface area contributed by atoms with Crippen molar-refractivity contribution < 1.29 is 9.72 Å². The Hall–Kier alpha value is -2.37. The third-order valence-corrected chi connectivity index (χ3v) is 3.69. The third kappa shape index (κ3) is 4.81. The minimum Gasteiger partial charge on any atom is -0.348 e. The molecule has 2 aromatic carbocycles. The average Bonchev–Trinajstić information content (AvgIpc) is 2.53. The SMILES string of the molecule is O=C(/C=C/c1ccc(Cl)c([N+](=O)[O-])c1)NCc1ccccc1Cl. The summed E-state index contributed by atoms with van der Waals surface area (Å²) in [5.41, 5.74) is 1.11. The zero-order valence-electron chi connectivity index (χ0n) is 11.8. The van der Waals surface area contributed by atoms with E-state index in [1.54, 1.807) is 18.2 Å². The molecule has 0 heterocycles. The highest BCUT2D eigenvalue weighted by atomic mass is 35.5. The van der Waals surface area contributed by atoms with Gasteiger partial charge in [0.15, 0.2) is 0 Å². The number of carbonyl (C=O) groups is 1. The Morgan fingerprint density at radius 3 is 2.61 bits per heavy atom. The van der Waals surface area contributed by atoms with Gasteiger partial charge < -0.3 is 5.32 Å². The van der Waals surface area contributed by atoms with Gasteiger partial charge in [0.2, 0.25) is 5.91 Å². The highest BCUT2D eigenvalue weighted by Crippen LogP contribution is 2.25. The van der Waals surface area contributed by atoms with Crippen molar-refractivity contribution in [3.63, 3.8) is 0 Å². The molecule has 0 fully saturated rings. The van der Waals surface area contributed by atoms with Gasteiger partial charge >= 0.3 is 0 Å². The first-order valence-electron chi connectivity index (χ1n) is 6.60. The maximum Gasteiger partial charge on any atom is 0.288 e. The van der Waals surface area contributed by atoms with Crippen LogP contribution in [0.2, 0.25) is 10.0 Å². The van der Waals surface area contributed by atoms with E-state index >= 15 is 0 Å². The Kier molecular flexibility index (Phi) is 5.73. The minimum atomic E-state index is -0.572. The number of amides is 1. The van der Waals surface area contributed by atoms with E-state index in [9.17, 15) is 14.9 Å². The molecule has 1 N–H and O–H groups in total. The smallest absolute Gasteiger partial charge is 0.288 e. The summed E-state index contributed by atoms with van der Waals surface area (Å²) in [4.78, 5) is 22.0. The van der Waals surface area contributed by atoms with Gasteiger partial charge in [-0.3, -0.25) is 14.9 Å². The van der Waals surface area contributed by atoms with Gasteiger partial charge in [0.1, 0.15) is 5.02 Å². The molecule has 2 aromatic rings. The molecule has 0 aliphatic rings. The zero-order chi connectivity index (χ0) is 16.8.